The van der Waals surface area contributed by atoms with Crippen LogP contribution in [0.25, 0.3) is 0 Å². The van der Waals surface area contributed by atoms with Crippen molar-refractivity contribution < 1.29 is 14.6 Å². The second kappa shape index (κ2) is 6.01. The van der Waals surface area contributed by atoms with E-state index >= 15 is 0 Å². The lowest BCUT2D eigenvalue weighted by atomic mass is 9.94. The predicted octanol–water partition coefficient (Wildman–Crippen LogP) is 0.953. The third kappa shape index (κ3) is 3.94. The molecule has 92 valence electrons. The second-order valence-corrected chi connectivity index (χ2v) is 4.41. The van der Waals surface area contributed by atoms with Crippen molar-refractivity contribution in [2.75, 3.05) is 26.8 Å². The van der Waals surface area contributed by atoms with Crippen molar-refractivity contribution in [2.24, 2.45) is 0 Å². The monoisotopic (exact) mass is 227 g/mol. The molecule has 1 heterocycles. The summed E-state index contributed by atoms with van der Waals surface area (Å²) in [4.78, 5) is 13.3. The van der Waals surface area contributed by atoms with E-state index in [1.54, 1.807) is 18.0 Å². The number of carbonyl (C=O) groups is 1. The van der Waals surface area contributed by atoms with Gasteiger partial charge in [-0.15, -0.1) is 6.58 Å². The Kier molecular flexibility index (Phi) is 4.96. The molecule has 1 fully saturated rings. The number of hydrogen-bond acceptors (Lipinski definition) is 3. The predicted molar refractivity (Wildman–Crippen MR) is 62.1 cm³/mol. The number of carbonyl (C=O) groups excluding carboxylic acids is 1. The Morgan fingerprint density at radius 2 is 2.19 bits per heavy atom. The van der Waals surface area contributed by atoms with Crippen molar-refractivity contribution in [3.8, 4) is 0 Å². The van der Waals surface area contributed by atoms with Gasteiger partial charge in [0.25, 0.3) is 0 Å². The maximum absolute atomic E-state index is 11.7. The fourth-order valence-corrected chi connectivity index (χ4v) is 1.86. The first kappa shape index (κ1) is 13.2. The number of ether oxygens (including phenoxy) is 1. The van der Waals surface area contributed by atoms with Crippen molar-refractivity contribution in [1.29, 1.82) is 0 Å². The number of amides is 1. The first-order valence-electron chi connectivity index (χ1n) is 5.72. The lowest BCUT2D eigenvalue weighted by Gasteiger charge is -2.35. The Morgan fingerprint density at radius 1 is 1.56 bits per heavy atom. The van der Waals surface area contributed by atoms with Gasteiger partial charge in [0.05, 0.1) is 5.60 Å². The van der Waals surface area contributed by atoms with Crippen LogP contribution in [0.3, 0.4) is 0 Å². The van der Waals surface area contributed by atoms with E-state index in [1.807, 2.05) is 0 Å². The summed E-state index contributed by atoms with van der Waals surface area (Å²) in [5, 5.41) is 10.2. The Hall–Kier alpha value is -0.870. The summed E-state index contributed by atoms with van der Waals surface area (Å²) in [7, 11) is 1.73. The molecular formula is C12H21NO3. The van der Waals surface area contributed by atoms with Crippen LogP contribution >= 0.6 is 0 Å². The standard InChI is InChI=1S/C12H21NO3/c1-3-4-5-11(14)13(2)10-12(15)6-8-16-9-7-12/h3,15H,1,4-10H2,2H3. The molecule has 0 bridgehead atoms. The minimum atomic E-state index is -0.767. The van der Waals surface area contributed by atoms with Gasteiger partial charge < -0.3 is 14.7 Å². The lowest BCUT2D eigenvalue weighted by Crippen LogP contribution is -2.47. The quantitative estimate of drug-likeness (QED) is 0.711. The molecule has 0 aromatic carbocycles. The van der Waals surface area contributed by atoms with Gasteiger partial charge in [0.15, 0.2) is 0 Å². The van der Waals surface area contributed by atoms with Crippen molar-refractivity contribution in [3.63, 3.8) is 0 Å². The second-order valence-electron chi connectivity index (χ2n) is 4.41. The Bertz CT molecular complexity index is 247. The van der Waals surface area contributed by atoms with E-state index < -0.39 is 5.60 Å². The molecule has 4 nitrogen and oxygen atoms in total. The third-order valence-corrected chi connectivity index (χ3v) is 2.94. The highest BCUT2D eigenvalue weighted by Crippen LogP contribution is 2.21. The SMILES string of the molecule is C=CCCC(=O)N(C)CC1(O)CCOCC1. The van der Waals surface area contributed by atoms with Gasteiger partial charge in [-0.25, -0.2) is 0 Å². The molecule has 1 aliphatic heterocycles. The van der Waals surface area contributed by atoms with Crippen LogP contribution < -0.4 is 0 Å². The largest absolute Gasteiger partial charge is 0.388 e. The maximum atomic E-state index is 11.7. The van der Waals surface area contributed by atoms with E-state index in [-0.39, 0.29) is 5.91 Å². The summed E-state index contributed by atoms with van der Waals surface area (Å²) >= 11 is 0. The fourth-order valence-electron chi connectivity index (χ4n) is 1.86. The first-order valence-corrected chi connectivity index (χ1v) is 5.72. The molecule has 1 amide bonds. The summed E-state index contributed by atoms with van der Waals surface area (Å²) in [5.41, 5.74) is -0.767. The van der Waals surface area contributed by atoms with E-state index in [9.17, 15) is 9.90 Å². The minimum absolute atomic E-state index is 0.0554. The number of likely N-dealkylation sites (N-methyl/N-ethyl adjacent to an activating group) is 1. The summed E-state index contributed by atoms with van der Waals surface area (Å²) in [5.74, 6) is 0.0554. The number of aliphatic hydroxyl groups is 1. The molecule has 0 saturated carbocycles. The molecule has 0 aromatic rings. The smallest absolute Gasteiger partial charge is 0.222 e. The molecule has 1 rings (SSSR count). The lowest BCUT2D eigenvalue weighted by molar-refractivity contribution is -0.136. The van der Waals surface area contributed by atoms with Gasteiger partial charge in [0.2, 0.25) is 5.91 Å². The topological polar surface area (TPSA) is 49.8 Å². The number of rotatable bonds is 5. The normalized spacial score (nSPS) is 19.1. The zero-order valence-electron chi connectivity index (χ0n) is 9.95. The number of nitrogens with zero attached hydrogens (tertiary/aromatic N) is 1. The van der Waals surface area contributed by atoms with Crippen LogP contribution in [0.15, 0.2) is 12.7 Å². The summed E-state index contributed by atoms with van der Waals surface area (Å²) < 4.78 is 5.20. The average Bonchev–Trinajstić information content (AvgIpc) is 2.26. The summed E-state index contributed by atoms with van der Waals surface area (Å²) in [6.07, 6.45) is 4.09. The van der Waals surface area contributed by atoms with Gasteiger partial charge in [0.1, 0.15) is 0 Å². The summed E-state index contributed by atoms with van der Waals surface area (Å²) in [6, 6.07) is 0. The molecule has 1 aliphatic rings. The molecule has 1 saturated heterocycles. The fraction of sp³-hybridized carbons (Fsp3) is 0.750. The van der Waals surface area contributed by atoms with Crippen LogP contribution in [-0.4, -0.2) is 48.3 Å². The number of allylic oxidation sites excluding steroid dienone is 1. The van der Waals surface area contributed by atoms with Crippen molar-refractivity contribution >= 4 is 5.91 Å². The van der Waals surface area contributed by atoms with Crippen LogP contribution in [0.1, 0.15) is 25.7 Å². The highest BCUT2D eigenvalue weighted by atomic mass is 16.5. The van der Waals surface area contributed by atoms with E-state index in [2.05, 4.69) is 6.58 Å². The van der Waals surface area contributed by atoms with Gasteiger partial charge in [-0.05, 0) is 6.42 Å². The molecular weight excluding hydrogens is 206 g/mol. The van der Waals surface area contributed by atoms with E-state index in [4.69, 9.17) is 4.74 Å². The average molecular weight is 227 g/mol. The minimum Gasteiger partial charge on any atom is -0.388 e. The van der Waals surface area contributed by atoms with Crippen molar-refractivity contribution in [3.05, 3.63) is 12.7 Å². The van der Waals surface area contributed by atoms with Crippen LogP contribution in [0, 0.1) is 0 Å². The Labute approximate surface area is 96.9 Å². The molecule has 0 aliphatic carbocycles. The van der Waals surface area contributed by atoms with Gasteiger partial charge in [-0.1, -0.05) is 6.08 Å². The van der Waals surface area contributed by atoms with E-state index in [1.165, 1.54) is 0 Å². The van der Waals surface area contributed by atoms with E-state index in [0.29, 0.717) is 45.4 Å². The zero-order chi connectivity index (χ0) is 12.0. The molecule has 0 atom stereocenters. The Morgan fingerprint density at radius 3 is 2.75 bits per heavy atom. The van der Waals surface area contributed by atoms with Crippen LogP contribution in [0.5, 0.6) is 0 Å². The van der Waals surface area contributed by atoms with Gasteiger partial charge in [0, 0.05) is 46.1 Å². The molecule has 0 unspecified atom stereocenters. The maximum Gasteiger partial charge on any atom is 0.222 e. The molecule has 1 N–H and O–H groups in total. The molecule has 0 aromatic heterocycles. The highest BCUT2D eigenvalue weighted by Gasteiger charge is 2.32. The van der Waals surface area contributed by atoms with Crippen LogP contribution in [0.4, 0.5) is 0 Å². The molecule has 0 spiro atoms. The Balaban J connectivity index is 2.39. The number of hydrogen-bond donors (Lipinski definition) is 1. The van der Waals surface area contributed by atoms with Crippen molar-refractivity contribution in [1.82, 2.24) is 4.90 Å². The first-order chi connectivity index (χ1) is 7.57. The van der Waals surface area contributed by atoms with Crippen LogP contribution in [0.2, 0.25) is 0 Å². The summed E-state index contributed by atoms with van der Waals surface area (Å²) in [6.45, 7) is 5.13. The van der Waals surface area contributed by atoms with Gasteiger partial charge in [-0.3, -0.25) is 4.79 Å². The molecule has 16 heavy (non-hydrogen) atoms. The van der Waals surface area contributed by atoms with Crippen molar-refractivity contribution in [2.45, 2.75) is 31.3 Å². The van der Waals surface area contributed by atoms with Crippen LogP contribution in [-0.2, 0) is 9.53 Å². The van der Waals surface area contributed by atoms with Gasteiger partial charge in [-0.2, -0.15) is 0 Å². The van der Waals surface area contributed by atoms with Gasteiger partial charge >= 0.3 is 0 Å². The molecule has 4 heteroatoms. The van der Waals surface area contributed by atoms with E-state index in [0.717, 1.165) is 0 Å². The molecule has 0 radical (unpaired) electrons. The third-order valence-electron chi connectivity index (χ3n) is 2.94. The highest BCUT2D eigenvalue weighted by molar-refractivity contribution is 5.76. The zero-order valence-corrected chi connectivity index (χ0v) is 9.95.